The highest BCUT2D eigenvalue weighted by Crippen LogP contribution is 2.30. The molecule has 0 radical (unpaired) electrons. The molecule has 1 aromatic heterocycles. The van der Waals surface area contributed by atoms with Crippen LogP contribution in [0.25, 0.3) is 10.9 Å². The minimum absolute atomic E-state index is 0.0136. The van der Waals surface area contributed by atoms with E-state index in [0.29, 0.717) is 10.0 Å². The van der Waals surface area contributed by atoms with Gasteiger partial charge in [-0.3, -0.25) is 4.79 Å². The predicted molar refractivity (Wildman–Crippen MR) is 89.2 cm³/mol. The molecule has 0 aliphatic heterocycles. The van der Waals surface area contributed by atoms with Gasteiger partial charge in [-0.25, -0.2) is 0 Å². The highest BCUT2D eigenvalue weighted by Gasteiger charge is 2.17. The first-order valence-electron chi connectivity index (χ1n) is 7.28. The van der Waals surface area contributed by atoms with Crippen LogP contribution < -0.4 is 5.32 Å². The van der Waals surface area contributed by atoms with Crippen molar-refractivity contribution in [3.63, 3.8) is 0 Å². The highest BCUT2D eigenvalue weighted by molar-refractivity contribution is 6.38. The van der Waals surface area contributed by atoms with Gasteiger partial charge in [-0.2, -0.15) is 0 Å². The zero-order chi connectivity index (χ0) is 15.4. The summed E-state index contributed by atoms with van der Waals surface area (Å²) in [5, 5.41) is 5.06. The first-order valence-corrected chi connectivity index (χ1v) is 8.03. The lowest BCUT2D eigenvalue weighted by Gasteiger charge is -2.15. The molecular formula is C16H20Cl2N2O. The van der Waals surface area contributed by atoms with Gasteiger partial charge in [0.15, 0.2) is 0 Å². The van der Waals surface area contributed by atoms with Gasteiger partial charge in [0, 0.05) is 23.2 Å². The second kappa shape index (κ2) is 7.19. The maximum absolute atomic E-state index is 12.2. The summed E-state index contributed by atoms with van der Waals surface area (Å²) >= 11 is 12.2. The molecule has 21 heavy (non-hydrogen) atoms. The van der Waals surface area contributed by atoms with Gasteiger partial charge in [0.2, 0.25) is 5.91 Å². The van der Waals surface area contributed by atoms with E-state index in [1.807, 2.05) is 29.8 Å². The molecule has 5 heteroatoms. The molecule has 1 N–H and O–H groups in total. The number of amides is 1. The molecule has 0 aliphatic rings. The van der Waals surface area contributed by atoms with Gasteiger partial charge in [0.05, 0.1) is 10.5 Å². The van der Waals surface area contributed by atoms with Gasteiger partial charge in [-0.05, 0) is 31.5 Å². The predicted octanol–water partition coefficient (Wildman–Crippen LogP) is 4.82. The van der Waals surface area contributed by atoms with E-state index < -0.39 is 0 Å². The molecule has 3 nitrogen and oxygen atoms in total. The number of aromatic nitrogens is 1. The molecule has 1 heterocycles. The smallest absolute Gasteiger partial charge is 0.242 e. The molecule has 1 aromatic carbocycles. The first kappa shape index (κ1) is 16.2. The molecule has 0 spiro atoms. The maximum Gasteiger partial charge on any atom is 0.242 e. The summed E-state index contributed by atoms with van der Waals surface area (Å²) in [7, 11) is 0. The number of rotatable bonds is 6. The third-order valence-electron chi connectivity index (χ3n) is 3.63. The lowest BCUT2D eigenvalue weighted by Crippen LogP contribution is -2.31. The van der Waals surface area contributed by atoms with Crippen LogP contribution in [-0.2, 0) is 4.79 Å². The molecule has 2 aromatic rings. The Bertz CT molecular complexity index is 636. The van der Waals surface area contributed by atoms with Crippen LogP contribution in [0.5, 0.6) is 0 Å². The van der Waals surface area contributed by atoms with E-state index in [1.54, 1.807) is 6.07 Å². The van der Waals surface area contributed by atoms with Crippen LogP contribution >= 0.6 is 23.2 Å². The Labute approximate surface area is 135 Å². The maximum atomic E-state index is 12.2. The number of nitrogens with one attached hydrogen (secondary N) is 1. The lowest BCUT2D eigenvalue weighted by molar-refractivity contribution is -0.123. The van der Waals surface area contributed by atoms with Gasteiger partial charge in [-0.1, -0.05) is 43.0 Å². The van der Waals surface area contributed by atoms with Crippen LogP contribution in [0.2, 0.25) is 10.0 Å². The fraction of sp³-hybridized carbons (Fsp3) is 0.438. The molecule has 0 saturated heterocycles. The average molecular weight is 327 g/mol. The summed E-state index contributed by atoms with van der Waals surface area (Å²) in [6.07, 6.45) is 5.17. The Balaban J connectivity index is 2.15. The number of carbonyl (C=O) groups is 1. The van der Waals surface area contributed by atoms with Gasteiger partial charge in [0.25, 0.3) is 0 Å². The zero-order valence-electron chi connectivity index (χ0n) is 12.3. The number of nitrogens with zero attached hydrogens (tertiary/aromatic N) is 1. The van der Waals surface area contributed by atoms with Crippen LogP contribution in [0.3, 0.4) is 0 Å². The van der Waals surface area contributed by atoms with Crippen LogP contribution in [-0.4, -0.2) is 17.0 Å². The Hall–Kier alpha value is -1.19. The molecule has 1 amide bonds. The van der Waals surface area contributed by atoms with Crippen LogP contribution in [0, 0.1) is 0 Å². The van der Waals surface area contributed by atoms with Gasteiger partial charge in [-0.15, -0.1) is 0 Å². The quantitative estimate of drug-likeness (QED) is 0.759. The minimum Gasteiger partial charge on any atom is -0.354 e. The molecule has 0 aliphatic carbocycles. The van der Waals surface area contributed by atoms with Crippen molar-refractivity contribution < 1.29 is 4.79 Å². The second-order valence-corrected chi connectivity index (χ2v) is 6.06. The van der Waals surface area contributed by atoms with Crippen LogP contribution in [0.15, 0.2) is 24.4 Å². The Morgan fingerprint density at radius 2 is 2.10 bits per heavy atom. The summed E-state index contributed by atoms with van der Waals surface area (Å²) in [5.74, 6) is 0.0136. The normalized spacial score (nSPS) is 12.6. The summed E-state index contributed by atoms with van der Waals surface area (Å²) in [6.45, 7) is 4.74. The van der Waals surface area contributed by atoms with Gasteiger partial charge in [0.1, 0.15) is 6.04 Å². The monoisotopic (exact) mass is 326 g/mol. The first-order chi connectivity index (χ1) is 10.0. The highest BCUT2D eigenvalue weighted by atomic mass is 35.5. The van der Waals surface area contributed by atoms with Crippen molar-refractivity contribution in [3.05, 3.63) is 34.4 Å². The Morgan fingerprint density at radius 1 is 1.33 bits per heavy atom. The van der Waals surface area contributed by atoms with E-state index in [1.165, 1.54) is 0 Å². The topological polar surface area (TPSA) is 34.0 Å². The molecule has 2 rings (SSSR count). The van der Waals surface area contributed by atoms with E-state index in [0.717, 1.165) is 36.7 Å². The SMILES string of the molecule is CCCCCNC(=O)C(C)n1ccc2c(Cl)cc(Cl)cc21. The lowest BCUT2D eigenvalue weighted by atomic mass is 10.2. The van der Waals surface area contributed by atoms with Crippen LogP contribution in [0.1, 0.15) is 39.2 Å². The molecule has 0 bridgehead atoms. The number of fused-ring (bicyclic) bond motifs is 1. The standard InChI is InChI=1S/C16H20Cl2N2O/c1-3-4-5-7-19-16(21)11(2)20-8-6-13-14(18)9-12(17)10-15(13)20/h6,8-11H,3-5,7H2,1-2H3,(H,19,21). The summed E-state index contributed by atoms with van der Waals surface area (Å²) in [6, 6.07) is 5.17. The minimum atomic E-state index is -0.293. The zero-order valence-corrected chi connectivity index (χ0v) is 13.8. The van der Waals surface area contributed by atoms with Crippen molar-refractivity contribution in [3.8, 4) is 0 Å². The average Bonchev–Trinajstić information content (AvgIpc) is 2.86. The van der Waals surface area contributed by atoms with Crippen molar-refractivity contribution in [1.82, 2.24) is 9.88 Å². The van der Waals surface area contributed by atoms with Crippen LogP contribution in [0.4, 0.5) is 0 Å². The second-order valence-electron chi connectivity index (χ2n) is 5.22. The molecular weight excluding hydrogens is 307 g/mol. The Kier molecular flexibility index (Phi) is 5.54. The van der Waals surface area contributed by atoms with E-state index in [2.05, 4.69) is 12.2 Å². The summed E-state index contributed by atoms with van der Waals surface area (Å²) in [4.78, 5) is 12.2. The molecule has 0 saturated carbocycles. The number of carbonyl (C=O) groups excluding carboxylic acids is 1. The largest absolute Gasteiger partial charge is 0.354 e. The van der Waals surface area contributed by atoms with Gasteiger partial charge < -0.3 is 9.88 Å². The van der Waals surface area contributed by atoms with Crippen molar-refractivity contribution >= 4 is 40.0 Å². The van der Waals surface area contributed by atoms with Crippen molar-refractivity contribution in [2.45, 2.75) is 39.2 Å². The Morgan fingerprint density at radius 3 is 2.81 bits per heavy atom. The molecule has 1 unspecified atom stereocenters. The number of hydrogen-bond acceptors (Lipinski definition) is 1. The third kappa shape index (κ3) is 3.72. The molecule has 0 fully saturated rings. The number of hydrogen-bond donors (Lipinski definition) is 1. The molecule has 114 valence electrons. The summed E-state index contributed by atoms with van der Waals surface area (Å²) < 4.78 is 1.91. The van der Waals surface area contributed by atoms with Crippen molar-refractivity contribution in [2.75, 3.05) is 6.54 Å². The van der Waals surface area contributed by atoms with Crippen molar-refractivity contribution in [1.29, 1.82) is 0 Å². The van der Waals surface area contributed by atoms with E-state index in [-0.39, 0.29) is 11.9 Å². The third-order valence-corrected chi connectivity index (χ3v) is 4.16. The fourth-order valence-corrected chi connectivity index (χ4v) is 2.93. The number of unbranched alkanes of at least 4 members (excludes halogenated alkanes) is 2. The van der Waals surface area contributed by atoms with E-state index in [4.69, 9.17) is 23.2 Å². The number of halogens is 2. The van der Waals surface area contributed by atoms with Crippen molar-refractivity contribution in [2.24, 2.45) is 0 Å². The number of benzene rings is 1. The van der Waals surface area contributed by atoms with Gasteiger partial charge >= 0.3 is 0 Å². The molecule has 1 atom stereocenters. The fourth-order valence-electron chi connectivity index (χ4n) is 2.38. The van der Waals surface area contributed by atoms with E-state index in [9.17, 15) is 4.79 Å². The summed E-state index contributed by atoms with van der Waals surface area (Å²) in [5.41, 5.74) is 0.878. The van der Waals surface area contributed by atoms with E-state index >= 15 is 0 Å².